The number of rotatable bonds is 6. The number of methoxy groups -OCH3 is 2. The zero-order chi connectivity index (χ0) is 18.6. The van der Waals surface area contributed by atoms with E-state index < -0.39 is 22.5 Å². The second kappa shape index (κ2) is 7.76. The topological polar surface area (TPSA) is 72.9 Å². The molecule has 8 heteroatoms. The van der Waals surface area contributed by atoms with Crippen LogP contribution in [0, 0.1) is 6.92 Å². The number of carbonyl (C=O) groups excluding carboxylic acids is 1. The molecule has 0 unspecified atom stereocenters. The van der Waals surface area contributed by atoms with E-state index in [-0.39, 0.29) is 9.92 Å². The first-order valence-electron chi connectivity index (χ1n) is 7.29. The van der Waals surface area contributed by atoms with Gasteiger partial charge in [0.2, 0.25) is 0 Å². The number of halogens is 1. The summed E-state index contributed by atoms with van der Waals surface area (Å²) in [7, 11) is -1.39. The van der Waals surface area contributed by atoms with E-state index >= 15 is 0 Å². The number of aryl methyl sites for hydroxylation is 1. The van der Waals surface area contributed by atoms with E-state index in [0.717, 1.165) is 9.87 Å². The fourth-order valence-corrected chi connectivity index (χ4v) is 3.90. The molecule has 0 spiro atoms. The van der Waals surface area contributed by atoms with Gasteiger partial charge in [-0.15, -0.1) is 0 Å². The number of hydrogen-bond donors (Lipinski definition) is 0. The molecule has 6 nitrogen and oxygen atoms in total. The minimum atomic E-state index is -4.03. The third-order valence-electron chi connectivity index (χ3n) is 3.53. The smallest absolute Gasteiger partial charge is 0.326 e. The molecule has 2 aromatic carbocycles. The van der Waals surface area contributed by atoms with Crippen LogP contribution in [0.25, 0.3) is 0 Å². The molecule has 0 amide bonds. The Kier molecular flexibility index (Phi) is 5.92. The van der Waals surface area contributed by atoms with Crippen LogP contribution in [0.15, 0.2) is 47.4 Å². The van der Waals surface area contributed by atoms with Gasteiger partial charge < -0.3 is 9.47 Å². The van der Waals surface area contributed by atoms with Crippen LogP contribution >= 0.6 is 11.6 Å². The number of benzene rings is 2. The van der Waals surface area contributed by atoms with Crippen molar-refractivity contribution in [2.24, 2.45) is 0 Å². The average molecular weight is 384 g/mol. The Balaban J connectivity index is 2.52. The van der Waals surface area contributed by atoms with E-state index in [1.807, 2.05) is 6.92 Å². The number of esters is 1. The molecule has 0 saturated heterocycles. The molecule has 2 aromatic rings. The van der Waals surface area contributed by atoms with Crippen molar-refractivity contribution in [2.75, 3.05) is 25.1 Å². The molecule has 0 N–H and O–H groups in total. The largest absolute Gasteiger partial charge is 0.495 e. The highest BCUT2D eigenvalue weighted by Crippen LogP contribution is 2.30. The Morgan fingerprint density at radius 2 is 1.76 bits per heavy atom. The Labute approximate surface area is 152 Å². The normalized spacial score (nSPS) is 11.0. The van der Waals surface area contributed by atoms with Crippen molar-refractivity contribution in [2.45, 2.75) is 11.8 Å². The predicted octanol–water partition coefficient (Wildman–Crippen LogP) is 3.03. The van der Waals surface area contributed by atoms with Crippen molar-refractivity contribution in [3.05, 3.63) is 53.1 Å². The predicted molar refractivity (Wildman–Crippen MR) is 95.7 cm³/mol. The number of sulfonamides is 1. The molecule has 0 aliphatic rings. The Morgan fingerprint density at radius 3 is 2.28 bits per heavy atom. The van der Waals surface area contributed by atoms with E-state index in [9.17, 15) is 13.2 Å². The van der Waals surface area contributed by atoms with Gasteiger partial charge in [0.25, 0.3) is 10.0 Å². The molecule has 2 rings (SSSR count). The summed E-state index contributed by atoms with van der Waals surface area (Å²) in [4.78, 5) is 11.7. The van der Waals surface area contributed by atoms with Crippen LogP contribution in [0.5, 0.6) is 5.75 Å². The lowest BCUT2D eigenvalue weighted by molar-refractivity contribution is -0.138. The molecule has 25 heavy (non-hydrogen) atoms. The monoisotopic (exact) mass is 383 g/mol. The summed E-state index contributed by atoms with van der Waals surface area (Å²) < 4.78 is 36.7. The fourth-order valence-electron chi connectivity index (χ4n) is 2.14. The van der Waals surface area contributed by atoms with Crippen molar-refractivity contribution >= 4 is 33.3 Å². The van der Waals surface area contributed by atoms with Crippen LogP contribution in [-0.4, -0.2) is 35.2 Å². The molecule has 0 heterocycles. The molecule has 134 valence electrons. The van der Waals surface area contributed by atoms with Crippen molar-refractivity contribution in [3.63, 3.8) is 0 Å². The van der Waals surface area contributed by atoms with Crippen LogP contribution in [0.3, 0.4) is 0 Å². The van der Waals surface area contributed by atoms with Gasteiger partial charge in [0.1, 0.15) is 12.3 Å². The second-order valence-electron chi connectivity index (χ2n) is 5.22. The van der Waals surface area contributed by atoms with E-state index in [1.165, 1.54) is 32.4 Å². The van der Waals surface area contributed by atoms with Crippen molar-refractivity contribution < 1.29 is 22.7 Å². The van der Waals surface area contributed by atoms with Crippen LogP contribution in [0.1, 0.15) is 5.56 Å². The molecule has 0 radical (unpaired) electrons. The highest BCUT2D eigenvalue weighted by molar-refractivity contribution is 7.92. The third kappa shape index (κ3) is 4.24. The zero-order valence-corrected chi connectivity index (χ0v) is 15.6. The van der Waals surface area contributed by atoms with Crippen LogP contribution in [0.2, 0.25) is 5.02 Å². The highest BCUT2D eigenvalue weighted by Gasteiger charge is 2.28. The summed E-state index contributed by atoms with van der Waals surface area (Å²) in [6, 6.07) is 10.9. The minimum Gasteiger partial charge on any atom is -0.495 e. The molecule has 0 aliphatic carbocycles. The van der Waals surface area contributed by atoms with Gasteiger partial charge in [-0.25, -0.2) is 8.42 Å². The van der Waals surface area contributed by atoms with E-state index in [1.54, 1.807) is 24.3 Å². The molecular formula is C17H18ClNO5S. The van der Waals surface area contributed by atoms with Gasteiger partial charge in [-0.3, -0.25) is 9.10 Å². The molecule has 0 atom stereocenters. The van der Waals surface area contributed by atoms with Gasteiger partial charge in [-0.2, -0.15) is 0 Å². The Morgan fingerprint density at radius 1 is 1.12 bits per heavy atom. The lowest BCUT2D eigenvalue weighted by Gasteiger charge is -2.23. The number of carbonyl (C=O) groups is 1. The van der Waals surface area contributed by atoms with Gasteiger partial charge in [0, 0.05) is 0 Å². The van der Waals surface area contributed by atoms with Gasteiger partial charge >= 0.3 is 5.97 Å². The number of hydrogen-bond acceptors (Lipinski definition) is 5. The van der Waals surface area contributed by atoms with Crippen molar-refractivity contribution in [1.29, 1.82) is 0 Å². The van der Waals surface area contributed by atoms with Crippen LogP contribution in [-0.2, 0) is 19.6 Å². The first kappa shape index (κ1) is 19.1. The third-order valence-corrected chi connectivity index (χ3v) is 5.60. The number of ether oxygens (including phenoxy) is 2. The first-order chi connectivity index (χ1) is 11.8. The zero-order valence-electron chi connectivity index (χ0n) is 14.0. The molecule has 0 bridgehead atoms. The molecule has 0 aliphatic heterocycles. The van der Waals surface area contributed by atoms with Gasteiger partial charge in [0.05, 0.1) is 29.8 Å². The van der Waals surface area contributed by atoms with E-state index in [4.69, 9.17) is 16.3 Å². The second-order valence-corrected chi connectivity index (χ2v) is 7.49. The van der Waals surface area contributed by atoms with Gasteiger partial charge in [-0.05, 0) is 37.3 Å². The minimum absolute atomic E-state index is 0.0530. The van der Waals surface area contributed by atoms with Crippen molar-refractivity contribution in [1.82, 2.24) is 0 Å². The van der Waals surface area contributed by atoms with Gasteiger partial charge in [-0.1, -0.05) is 29.3 Å². The number of nitrogens with zero attached hydrogens (tertiary/aromatic N) is 1. The SMILES string of the molecule is COC(=O)CN(c1ccc(C)cc1)S(=O)(=O)c1ccc(OC)c(Cl)c1. The standard InChI is InChI=1S/C17H18ClNO5S/c1-12-4-6-13(7-5-12)19(11-17(20)24-3)25(21,22)14-8-9-16(23-2)15(18)10-14/h4-10H,11H2,1-3H3. The Hall–Kier alpha value is -2.25. The molecule has 0 fully saturated rings. The quantitative estimate of drug-likeness (QED) is 0.717. The average Bonchev–Trinajstić information content (AvgIpc) is 2.60. The maximum atomic E-state index is 13.0. The maximum Gasteiger partial charge on any atom is 0.326 e. The molecule has 0 aromatic heterocycles. The van der Waals surface area contributed by atoms with E-state index in [2.05, 4.69) is 4.74 Å². The summed E-state index contributed by atoms with van der Waals surface area (Å²) >= 11 is 6.04. The summed E-state index contributed by atoms with van der Waals surface area (Å²) in [6.07, 6.45) is 0. The van der Waals surface area contributed by atoms with Crippen molar-refractivity contribution in [3.8, 4) is 5.75 Å². The van der Waals surface area contributed by atoms with E-state index in [0.29, 0.717) is 11.4 Å². The van der Waals surface area contributed by atoms with Crippen LogP contribution < -0.4 is 9.04 Å². The summed E-state index contributed by atoms with van der Waals surface area (Å²) in [5, 5.41) is 0.158. The molecular weight excluding hydrogens is 366 g/mol. The summed E-state index contributed by atoms with van der Waals surface area (Å²) in [5.41, 5.74) is 1.31. The fraction of sp³-hybridized carbons (Fsp3) is 0.235. The molecule has 0 saturated carbocycles. The Bertz CT molecular complexity index is 865. The summed E-state index contributed by atoms with van der Waals surface area (Å²) in [5.74, 6) is -0.320. The lowest BCUT2D eigenvalue weighted by Crippen LogP contribution is -2.36. The lowest BCUT2D eigenvalue weighted by atomic mass is 10.2. The first-order valence-corrected chi connectivity index (χ1v) is 9.11. The van der Waals surface area contributed by atoms with Gasteiger partial charge in [0.15, 0.2) is 0 Å². The highest BCUT2D eigenvalue weighted by atomic mass is 35.5. The summed E-state index contributed by atoms with van der Waals surface area (Å²) in [6.45, 7) is 1.43. The number of anilines is 1. The van der Waals surface area contributed by atoms with Crippen LogP contribution in [0.4, 0.5) is 5.69 Å². The maximum absolute atomic E-state index is 13.0.